The third kappa shape index (κ3) is 4.91. The lowest BCUT2D eigenvalue weighted by atomic mass is 10.0. The average molecular weight is 412 g/mol. The predicted octanol–water partition coefficient (Wildman–Crippen LogP) is 3.19. The summed E-state index contributed by atoms with van der Waals surface area (Å²) in [6.07, 6.45) is 0. The second kappa shape index (κ2) is 9.63. The van der Waals surface area contributed by atoms with Crippen LogP contribution < -0.4 is 14.8 Å². The van der Waals surface area contributed by atoms with Crippen molar-refractivity contribution >= 4 is 17.5 Å². The van der Waals surface area contributed by atoms with E-state index in [1.54, 1.807) is 31.3 Å². The van der Waals surface area contributed by atoms with E-state index in [9.17, 15) is 9.59 Å². The number of carbonyl (C=O) groups is 2. The van der Waals surface area contributed by atoms with E-state index in [1.165, 1.54) is 5.56 Å². The number of benzene rings is 2. The Bertz CT molecular complexity index is 895. The van der Waals surface area contributed by atoms with Crippen molar-refractivity contribution in [3.8, 4) is 11.5 Å². The number of carbonyl (C=O) groups excluding carboxylic acids is 2. The molecule has 0 saturated carbocycles. The molecule has 2 amide bonds. The molecule has 0 unspecified atom stereocenters. The van der Waals surface area contributed by atoms with Crippen LogP contribution >= 0.6 is 0 Å². The van der Waals surface area contributed by atoms with Crippen LogP contribution in [-0.2, 0) is 20.9 Å². The molecule has 7 heteroatoms. The Morgan fingerprint density at radius 1 is 1.13 bits per heavy atom. The lowest BCUT2D eigenvalue weighted by molar-refractivity contribution is -0.154. The van der Waals surface area contributed by atoms with Crippen LogP contribution in [0.3, 0.4) is 0 Å². The molecule has 1 saturated heterocycles. The van der Waals surface area contributed by atoms with Crippen LogP contribution in [0.2, 0.25) is 0 Å². The maximum Gasteiger partial charge on any atom is 0.249 e. The Morgan fingerprint density at radius 2 is 1.83 bits per heavy atom. The maximum absolute atomic E-state index is 12.9. The van der Waals surface area contributed by atoms with Gasteiger partial charge >= 0.3 is 0 Å². The van der Waals surface area contributed by atoms with E-state index in [4.69, 9.17) is 14.2 Å². The van der Waals surface area contributed by atoms with Crippen LogP contribution in [0.15, 0.2) is 42.5 Å². The normalized spacial score (nSPS) is 16.5. The van der Waals surface area contributed by atoms with E-state index in [0.717, 1.165) is 5.56 Å². The van der Waals surface area contributed by atoms with Gasteiger partial charge in [0.1, 0.15) is 12.6 Å². The van der Waals surface area contributed by atoms with Gasteiger partial charge < -0.3 is 24.4 Å². The van der Waals surface area contributed by atoms with Crippen LogP contribution in [0.1, 0.15) is 30.9 Å². The molecule has 7 nitrogen and oxygen atoms in total. The van der Waals surface area contributed by atoms with Crippen molar-refractivity contribution in [1.29, 1.82) is 0 Å². The fourth-order valence-corrected chi connectivity index (χ4v) is 3.37. The third-order valence-electron chi connectivity index (χ3n) is 5.15. The fraction of sp³-hybridized carbons (Fsp3) is 0.391. The number of ether oxygens (including phenoxy) is 3. The first-order valence-corrected chi connectivity index (χ1v) is 9.92. The van der Waals surface area contributed by atoms with Crippen LogP contribution in [0.25, 0.3) is 0 Å². The smallest absolute Gasteiger partial charge is 0.249 e. The second-order valence-corrected chi connectivity index (χ2v) is 7.51. The summed E-state index contributed by atoms with van der Waals surface area (Å²) in [6.45, 7) is 4.61. The monoisotopic (exact) mass is 412 g/mol. The molecular weight excluding hydrogens is 384 g/mol. The number of morpholine rings is 1. The van der Waals surface area contributed by atoms with Gasteiger partial charge in [0.2, 0.25) is 11.8 Å². The summed E-state index contributed by atoms with van der Waals surface area (Å²) in [4.78, 5) is 27.0. The molecule has 30 heavy (non-hydrogen) atoms. The van der Waals surface area contributed by atoms with Gasteiger partial charge in [-0.15, -0.1) is 0 Å². The largest absolute Gasteiger partial charge is 0.493 e. The zero-order valence-electron chi connectivity index (χ0n) is 17.8. The zero-order valence-corrected chi connectivity index (χ0v) is 17.8. The topological polar surface area (TPSA) is 77.1 Å². The molecule has 1 heterocycles. The van der Waals surface area contributed by atoms with Crippen molar-refractivity contribution in [1.82, 2.24) is 4.90 Å². The van der Waals surface area contributed by atoms with Crippen molar-refractivity contribution in [3.05, 3.63) is 53.6 Å². The fourth-order valence-electron chi connectivity index (χ4n) is 3.37. The first-order valence-electron chi connectivity index (χ1n) is 9.92. The summed E-state index contributed by atoms with van der Waals surface area (Å²) < 4.78 is 16.0. The molecular formula is C23H28N2O5. The van der Waals surface area contributed by atoms with Gasteiger partial charge in [0.15, 0.2) is 11.5 Å². The molecule has 1 atom stereocenters. The van der Waals surface area contributed by atoms with Crippen LogP contribution in [0.5, 0.6) is 11.5 Å². The molecule has 0 spiro atoms. The Balaban J connectivity index is 1.75. The summed E-state index contributed by atoms with van der Waals surface area (Å²) in [5.74, 6) is 1.08. The van der Waals surface area contributed by atoms with Gasteiger partial charge in [-0.3, -0.25) is 9.59 Å². The minimum absolute atomic E-state index is 0.0415. The van der Waals surface area contributed by atoms with E-state index in [2.05, 4.69) is 19.2 Å². The summed E-state index contributed by atoms with van der Waals surface area (Å²) in [7, 11) is 3.12. The van der Waals surface area contributed by atoms with Gasteiger partial charge in [0.05, 0.1) is 20.8 Å². The molecule has 2 aromatic rings. The van der Waals surface area contributed by atoms with Gasteiger partial charge in [-0.2, -0.15) is 0 Å². The Kier molecular flexibility index (Phi) is 6.95. The average Bonchev–Trinajstić information content (AvgIpc) is 2.75. The first-order chi connectivity index (χ1) is 14.4. The molecule has 1 fully saturated rings. The zero-order chi connectivity index (χ0) is 21.7. The number of nitrogens with one attached hydrogen (secondary N) is 1. The second-order valence-electron chi connectivity index (χ2n) is 7.51. The van der Waals surface area contributed by atoms with Crippen molar-refractivity contribution in [3.63, 3.8) is 0 Å². The standard InChI is InChI=1S/C23H28N2O5/c1-15(2)17-6-8-18(9-7-17)24-23(27)19-13-30-14-22(26)25(19)12-16-5-10-20(28-3)21(11-16)29-4/h5-11,15,19H,12-14H2,1-4H3,(H,24,27)/t19-/m0/s1. The number of rotatable bonds is 7. The number of methoxy groups -OCH3 is 2. The minimum Gasteiger partial charge on any atom is -0.493 e. The highest BCUT2D eigenvalue weighted by molar-refractivity contribution is 5.98. The number of anilines is 1. The van der Waals surface area contributed by atoms with E-state index >= 15 is 0 Å². The minimum atomic E-state index is -0.718. The van der Waals surface area contributed by atoms with Gasteiger partial charge in [-0.1, -0.05) is 32.0 Å². The predicted molar refractivity (Wildman–Crippen MR) is 114 cm³/mol. The molecule has 1 aliphatic heterocycles. The number of nitrogens with zero attached hydrogens (tertiary/aromatic N) is 1. The third-order valence-corrected chi connectivity index (χ3v) is 5.15. The van der Waals surface area contributed by atoms with E-state index < -0.39 is 6.04 Å². The molecule has 3 rings (SSSR count). The molecule has 1 aliphatic rings. The highest BCUT2D eigenvalue weighted by Gasteiger charge is 2.34. The molecule has 0 bridgehead atoms. The van der Waals surface area contributed by atoms with Gasteiger partial charge in [-0.25, -0.2) is 0 Å². The quantitative estimate of drug-likeness (QED) is 0.756. The Labute approximate surface area is 176 Å². The van der Waals surface area contributed by atoms with Gasteiger partial charge in [-0.05, 0) is 41.3 Å². The summed E-state index contributed by atoms with van der Waals surface area (Å²) in [5, 5.41) is 2.90. The SMILES string of the molecule is COc1ccc(CN2C(=O)COC[C@H]2C(=O)Nc2ccc(C(C)C)cc2)cc1OC. The number of hydrogen-bond acceptors (Lipinski definition) is 5. The molecule has 0 aliphatic carbocycles. The highest BCUT2D eigenvalue weighted by Crippen LogP contribution is 2.28. The van der Waals surface area contributed by atoms with E-state index in [1.807, 2.05) is 30.3 Å². The first kappa shape index (κ1) is 21.6. The lowest BCUT2D eigenvalue weighted by Crippen LogP contribution is -2.54. The van der Waals surface area contributed by atoms with E-state index in [0.29, 0.717) is 23.1 Å². The Hall–Kier alpha value is -3.06. The molecule has 0 aromatic heterocycles. The molecule has 0 radical (unpaired) electrons. The van der Waals surface area contributed by atoms with Crippen LogP contribution in [0, 0.1) is 0 Å². The lowest BCUT2D eigenvalue weighted by Gasteiger charge is -2.34. The number of hydrogen-bond donors (Lipinski definition) is 1. The number of amides is 2. The summed E-state index contributed by atoms with van der Waals surface area (Å²) in [6, 6.07) is 12.4. The summed E-state index contributed by atoms with van der Waals surface area (Å²) in [5.41, 5.74) is 2.72. The van der Waals surface area contributed by atoms with Crippen LogP contribution in [0.4, 0.5) is 5.69 Å². The van der Waals surface area contributed by atoms with Gasteiger partial charge in [0, 0.05) is 12.2 Å². The maximum atomic E-state index is 12.9. The van der Waals surface area contributed by atoms with Crippen molar-refractivity contribution in [2.75, 3.05) is 32.8 Å². The van der Waals surface area contributed by atoms with Crippen molar-refractivity contribution in [2.24, 2.45) is 0 Å². The van der Waals surface area contributed by atoms with Crippen molar-refractivity contribution < 1.29 is 23.8 Å². The molecule has 160 valence electrons. The van der Waals surface area contributed by atoms with Crippen molar-refractivity contribution in [2.45, 2.75) is 32.4 Å². The van der Waals surface area contributed by atoms with E-state index in [-0.39, 0.29) is 31.6 Å². The van der Waals surface area contributed by atoms with Gasteiger partial charge in [0.25, 0.3) is 0 Å². The summed E-state index contributed by atoms with van der Waals surface area (Å²) >= 11 is 0. The molecule has 1 N–H and O–H groups in total. The Morgan fingerprint density at radius 3 is 2.47 bits per heavy atom. The molecule has 2 aromatic carbocycles. The van der Waals surface area contributed by atoms with Crippen LogP contribution in [-0.4, -0.2) is 50.2 Å². The highest BCUT2D eigenvalue weighted by atomic mass is 16.5.